The van der Waals surface area contributed by atoms with Crippen LogP contribution in [-0.2, 0) is 10.7 Å². The molecule has 4 nitrogen and oxygen atoms in total. The number of nitrogens with one attached hydrogen (secondary N) is 1. The molecule has 1 aliphatic carbocycles. The van der Waals surface area contributed by atoms with Gasteiger partial charge in [-0.2, -0.15) is 8.78 Å². The van der Waals surface area contributed by atoms with Gasteiger partial charge in [-0.05, 0) is 62.5 Å². The zero-order valence-corrected chi connectivity index (χ0v) is 22.4. The SMILES string of the molecule is CCCCC(CC)N1CC2=CC(CNC(=O)C(F)(F)c3ccc(OC(C)C)c(Cl)c3)=CCC2(C)C1. The average Bonchev–Trinajstić information content (AvgIpc) is 3.15. The molecule has 0 aromatic heterocycles. The number of amides is 1. The second-order valence-corrected chi connectivity index (χ2v) is 10.8. The third kappa shape index (κ3) is 6.45. The van der Waals surface area contributed by atoms with E-state index in [0.29, 0.717) is 11.8 Å². The molecule has 194 valence electrons. The first-order valence-corrected chi connectivity index (χ1v) is 13.1. The van der Waals surface area contributed by atoms with Crippen LogP contribution in [-0.4, -0.2) is 42.6 Å². The Morgan fingerprint density at radius 1 is 1.31 bits per heavy atom. The number of allylic oxidation sites excluding steroid dienone is 1. The summed E-state index contributed by atoms with van der Waals surface area (Å²) >= 11 is 6.11. The Kier molecular flexibility index (Phi) is 9.03. The second-order valence-electron chi connectivity index (χ2n) is 10.4. The lowest BCUT2D eigenvalue weighted by atomic mass is 9.77. The topological polar surface area (TPSA) is 41.6 Å². The first-order chi connectivity index (χ1) is 16.5. The Balaban J connectivity index is 1.63. The smallest absolute Gasteiger partial charge is 0.349 e. The fourth-order valence-corrected chi connectivity index (χ4v) is 5.23. The molecule has 2 atom stereocenters. The molecule has 35 heavy (non-hydrogen) atoms. The number of rotatable bonds is 11. The number of ether oxygens (including phenoxy) is 1. The van der Waals surface area contributed by atoms with Crippen molar-refractivity contribution >= 4 is 17.5 Å². The van der Waals surface area contributed by atoms with Crippen molar-refractivity contribution in [3.63, 3.8) is 0 Å². The van der Waals surface area contributed by atoms with Crippen LogP contribution in [0.3, 0.4) is 0 Å². The summed E-state index contributed by atoms with van der Waals surface area (Å²) in [5.41, 5.74) is 1.83. The van der Waals surface area contributed by atoms with E-state index in [1.807, 2.05) is 13.8 Å². The number of hydrogen-bond donors (Lipinski definition) is 1. The lowest BCUT2D eigenvalue weighted by molar-refractivity contribution is -0.146. The maximum atomic E-state index is 14.9. The van der Waals surface area contributed by atoms with Crippen molar-refractivity contribution in [2.75, 3.05) is 19.6 Å². The molecule has 0 saturated carbocycles. The third-order valence-electron chi connectivity index (χ3n) is 7.15. The number of hydrogen-bond acceptors (Lipinski definition) is 3. The van der Waals surface area contributed by atoms with E-state index in [9.17, 15) is 13.6 Å². The summed E-state index contributed by atoms with van der Waals surface area (Å²) in [6.07, 6.45) is 9.65. The molecule has 1 N–H and O–H groups in total. The summed E-state index contributed by atoms with van der Waals surface area (Å²) in [6.45, 7) is 12.4. The van der Waals surface area contributed by atoms with Crippen LogP contribution in [0.4, 0.5) is 8.78 Å². The van der Waals surface area contributed by atoms with E-state index in [2.05, 4.69) is 43.1 Å². The molecule has 1 amide bonds. The summed E-state index contributed by atoms with van der Waals surface area (Å²) in [7, 11) is 0. The lowest BCUT2D eigenvalue weighted by Gasteiger charge is -2.30. The van der Waals surface area contributed by atoms with Gasteiger partial charge in [0, 0.05) is 36.7 Å². The molecule has 1 fully saturated rings. The van der Waals surface area contributed by atoms with Gasteiger partial charge >= 0.3 is 5.92 Å². The fraction of sp³-hybridized carbons (Fsp3) is 0.607. The molecular weight excluding hydrogens is 470 g/mol. The van der Waals surface area contributed by atoms with E-state index in [4.69, 9.17) is 16.3 Å². The number of fused-ring (bicyclic) bond motifs is 1. The van der Waals surface area contributed by atoms with Crippen molar-refractivity contribution in [2.24, 2.45) is 5.41 Å². The monoisotopic (exact) mass is 508 g/mol. The highest BCUT2D eigenvalue weighted by atomic mass is 35.5. The predicted octanol–water partition coefficient (Wildman–Crippen LogP) is 6.88. The van der Waals surface area contributed by atoms with Crippen LogP contribution in [0.25, 0.3) is 0 Å². The number of unbranched alkanes of at least 4 members (excludes halogenated alkanes) is 1. The van der Waals surface area contributed by atoms with Crippen molar-refractivity contribution in [2.45, 2.75) is 84.8 Å². The molecule has 1 saturated heterocycles. The highest BCUT2D eigenvalue weighted by molar-refractivity contribution is 6.32. The highest BCUT2D eigenvalue weighted by Crippen LogP contribution is 2.43. The number of carbonyl (C=O) groups excluding carboxylic acids is 1. The molecule has 7 heteroatoms. The second kappa shape index (κ2) is 11.4. The normalized spacial score (nSPS) is 21.4. The van der Waals surface area contributed by atoms with Crippen molar-refractivity contribution in [3.05, 3.63) is 52.1 Å². The Hall–Kier alpha value is -1.92. The van der Waals surface area contributed by atoms with Crippen LogP contribution >= 0.6 is 11.6 Å². The van der Waals surface area contributed by atoms with E-state index in [1.165, 1.54) is 37.0 Å². The summed E-state index contributed by atoms with van der Waals surface area (Å²) in [5.74, 6) is -4.72. The van der Waals surface area contributed by atoms with Crippen LogP contribution < -0.4 is 10.1 Å². The van der Waals surface area contributed by atoms with Gasteiger partial charge in [-0.15, -0.1) is 0 Å². The summed E-state index contributed by atoms with van der Waals surface area (Å²) < 4.78 is 35.3. The molecule has 1 heterocycles. The maximum Gasteiger partial charge on any atom is 0.349 e. The molecule has 0 radical (unpaired) electrons. The van der Waals surface area contributed by atoms with Crippen LogP contribution in [0.1, 0.15) is 72.3 Å². The quantitative estimate of drug-likeness (QED) is 0.354. The van der Waals surface area contributed by atoms with Crippen LogP contribution in [0.2, 0.25) is 5.02 Å². The summed E-state index contributed by atoms with van der Waals surface area (Å²) in [4.78, 5) is 15.0. The van der Waals surface area contributed by atoms with Crippen LogP contribution in [0.15, 0.2) is 41.5 Å². The van der Waals surface area contributed by atoms with Gasteiger partial charge in [-0.25, -0.2) is 0 Å². The van der Waals surface area contributed by atoms with Gasteiger partial charge in [0.2, 0.25) is 0 Å². The van der Waals surface area contributed by atoms with Crippen molar-refractivity contribution in [1.29, 1.82) is 0 Å². The van der Waals surface area contributed by atoms with E-state index >= 15 is 0 Å². The fourth-order valence-electron chi connectivity index (χ4n) is 5.01. The Bertz CT molecular complexity index is 976. The molecule has 2 unspecified atom stereocenters. The number of carbonyl (C=O) groups is 1. The Morgan fingerprint density at radius 3 is 2.69 bits per heavy atom. The number of halogens is 3. The maximum absolute atomic E-state index is 14.9. The zero-order chi connectivity index (χ0) is 25.8. The molecule has 0 spiro atoms. The molecule has 1 aromatic carbocycles. The van der Waals surface area contributed by atoms with E-state index in [0.717, 1.165) is 37.6 Å². The first kappa shape index (κ1) is 27.7. The lowest BCUT2D eigenvalue weighted by Crippen LogP contribution is -2.39. The standard InChI is InChI=1S/C28H39ClF2N2O2/c1-6-8-9-23(7-2)33-17-22-14-20(12-13-27(22,5)18-33)16-32-26(34)28(30,31)21-10-11-25(24(29)15-21)35-19(3)4/h10-12,14-15,19,23H,6-9,13,16-18H2,1-5H3,(H,32,34). The average molecular weight is 509 g/mol. The summed E-state index contributed by atoms with van der Waals surface area (Å²) in [6, 6.07) is 4.24. The van der Waals surface area contributed by atoms with Gasteiger partial charge in [-0.3, -0.25) is 9.69 Å². The van der Waals surface area contributed by atoms with E-state index in [1.54, 1.807) is 0 Å². The third-order valence-corrected chi connectivity index (χ3v) is 7.44. The Morgan fingerprint density at radius 2 is 2.06 bits per heavy atom. The minimum atomic E-state index is -3.70. The molecule has 1 aromatic rings. The van der Waals surface area contributed by atoms with Gasteiger partial charge in [0.1, 0.15) is 5.75 Å². The molecule has 3 rings (SSSR count). The van der Waals surface area contributed by atoms with Crippen molar-refractivity contribution < 1.29 is 18.3 Å². The predicted molar refractivity (Wildman–Crippen MR) is 138 cm³/mol. The molecule has 2 aliphatic rings. The summed E-state index contributed by atoms with van der Waals surface area (Å²) in [5, 5.41) is 2.49. The number of likely N-dealkylation sites (tertiary alicyclic amines) is 1. The molecule has 0 bridgehead atoms. The number of benzene rings is 1. The van der Waals surface area contributed by atoms with Gasteiger partial charge in [-0.1, -0.05) is 57.4 Å². The number of alkyl halides is 2. The molecule has 1 aliphatic heterocycles. The largest absolute Gasteiger partial charge is 0.489 e. The zero-order valence-electron chi connectivity index (χ0n) is 21.6. The highest BCUT2D eigenvalue weighted by Gasteiger charge is 2.43. The van der Waals surface area contributed by atoms with Gasteiger partial charge in [0.05, 0.1) is 11.1 Å². The van der Waals surface area contributed by atoms with Crippen LogP contribution in [0.5, 0.6) is 5.75 Å². The number of nitrogens with zero attached hydrogens (tertiary/aromatic N) is 1. The van der Waals surface area contributed by atoms with Crippen LogP contribution in [0, 0.1) is 5.41 Å². The first-order valence-electron chi connectivity index (χ1n) is 12.8. The van der Waals surface area contributed by atoms with Crippen molar-refractivity contribution in [3.8, 4) is 5.75 Å². The molecular formula is C28H39ClF2N2O2. The Labute approximate surface area is 213 Å². The minimum Gasteiger partial charge on any atom is -0.489 e. The van der Waals surface area contributed by atoms with E-state index < -0.39 is 17.4 Å². The minimum absolute atomic E-state index is 0.0535. The van der Waals surface area contributed by atoms with Gasteiger partial charge < -0.3 is 10.1 Å². The van der Waals surface area contributed by atoms with Gasteiger partial charge in [0.15, 0.2) is 0 Å². The van der Waals surface area contributed by atoms with E-state index in [-0.39, 0.29) is 23.1 Å². The van der Waals surface area contributed by atoms with Gasteiger partial charge in [0.25, 0.3) is 5.91 Å². The van der Waals surface area contributed by atoms with Crippen molar-refractivity contribution in [1.82, 2.24) is 10.2 Å².